The molecule has 1 aliphatic rings. The monoisotopic (exact) mass is 269 g/mol. The Balaban J connectivity index is 1.86. The molecule has 2 heterocycles. The Bertz CT molecular complexity index is 653. The topological polar surface area (TPSA) is 68.5 Å². The van der Waals surface area contributed by atoms with Gasteiger partial charge in [0, 0.05) is 19.0 Å². The van der Waals surface area contributed by atoms with Gasteiger partial charge in [-0.25, -0.2) is 4.98 Å². The van der Waals surface area contributed by atoms with Crippen LogP contribution in [0.15, 0.2) is 36.5 Å². The molecule has 1 amide bonds. The highest BCUT2D eigenvalue weighted by Crippen LogP contribution is 2.26. The van der Waals surface area contributed by atoms with Gasteiger partial charge in [0.25, 0.3) is 5.91 Å². The molecule has 0 saturated carbocycles. The van der Waals surface area contributed by atoms with Crippen molar-refractivity contribution in [3.63, 3.8) is 0 Å². The summed E-state index contributed by atoms with van der Waals surface area (Å²) in [7, 11) is 1.70. The molecule has 0 unspecified atom stereocenters. The summed E-state index contributed by atoms with van der Waals surface area (Å²) in [5.41, 5.74) is 7.88. The number of nitrogens with two attached hydrogens (primary N) is 1. The third kappa shape index (κ3) is 2.18. The summed E-state index contributed by atoms with van der Waals surface area (Å²) in [6.07, 6.45) is 2.38. The van der Waals surface area contributed by atoms with Crippen molar-refractivity contribution in [2.24, 2.45) is 0 Å². The highest BCUT2D eigenvalue weighted by atomic mass is 16.5. The number of amides is 1. The van der Waals surface area contributed by atoms with E-state index in [2.05, 4.69) is 4.98 Å². The molecule has 0 radical (unpaired) electrons. The number of aromatic nitrogens is 1. The quantitative estimate of drug-likeness (QED) is 0.903. The van der Waals surface area contributed by atoms with Crippen LogP contribution in [0.4, 0.5) is 11.5 Å². The van der Waals surface area contributed by atoms with E-state index in [9.17, 15) is 4.79 Å². The van der Waals surface area contributed by atoms with E-state index >= 15 is 0 Å². The second kappa shape index (κ2) is 4.85. The molecule has 3 rings (SSSR count). The lowest BCUT2D eigenvalue weighted by Gasteiger charge is -2.16. The van der Waals surface area contributed by atoms with E-state index in [1.165, 1.54) is 11.1 Å². The normalized spacial score (nSPS) is 12.7. The summed E-state index contributed by atoms with van der Waals surface area (Å²) in [5.74, 6) is 1.34. The second-order valence-electron chi connectivity index (χ2n) is 4.73. The van der Waals surface area contributed by atoms with Crippen molar-refractivity contribution in [3.05, 3.63) is 47.7 Å². The van der Waals surface area contributed by atoms with Gasteiger partial charge in [0.05, 0.1) is 18.5 Å². The molecule has 0 bridgehead atoms. The van der Waals surface area contributed by atoms with E-state index in [-0.39, 0.29) is 5.91 Å². The number of ether oxygens (including phenoxy) is 1. The lowest BCUT2D eigenvalue weighted by molar-refractivity contribution is 0.0992. The number of hydrogen-bond donors (Lipinski definition) is 1. The van der Waals surface area contributed by atoms with Gasteiger partial charge >= 0.3 is 0 Å². The van der Waals surface area contributed by atoms with Crippen LogP contribution in [0, 0.1) is 0 Å². The van der Waals surface area contributed by atoms with Gasteiger partial charge in [-0.2, -0.15) is 0 Å². The summed E-state index contributed by atoms with van der Waals surface area (Å²) >= 11 is 0. The zero-order valence-corrected chi connectivity index (χ0v) is 11.2. The van der Waals surface area contributed by atoms with Crippen LogP contribution >= 0.6 is 0 Å². The van der Waals surface area contributed by atoms with E-state index in [0.29, 0.717) is 23.7 Å². The van der Waals surface area contributed by atoms with Crippen molar-refractivity contribution in [1.29, 1.82) is 0 Å². The molecule has 102 valence electrons. The van der Waals surface area contributed by atoms with Crippen molar-refractivity contribution in [3.8, 4) is 5.75 Å². The van der Waals surface area contributed by atoms with Crippen LogP contribution < -0.4 is 15.4 Å². The minimum absolute atomic E-state index is 0.100. The van der Waals surface area contributed by atoms with E-state index < -0.39 is 0 Å². The first-order chi connectivity index (χ1) is 9.65. The Kier molecular flexibility index (Phi) is 3.02. The predicted octanol–water partition coefficient (Wildman–Crippen LogP) is 1.88. The smallest absolute Gasteiger partial charge is 0.259 e. The number of carbonyl (C=O) groups excluding carboxylic acids is 1. The Labute approximate surface area is 117 Å². The van der Waals surface area contributed by atoms with Gasteiger partial charge in [-0.3, -0.25) is 9.69 Å². The van der Waals surface area contributed by atoms with E-state index in [1.54, 1.807) is 25.2 Å². The van der Waals surface area contributed by atoms with Gasteiger partial charge in [0.1, 0.15) is 11.6 Å². The predicted molar refractivity (Wildman–Crippen MR) is 77.0 cm³/mol. The number of fused-ring (bicyclic) bond motifs is 1. The van der Waals surface area contributed by atoms with Gasteiger partial charge in [-0.1, -0.05) is 0 Å². The lowest BCUT2D eigenvalue weighted by Crippen LogP contribution is -2.27. The van der Waals surface area contributed by atoms with Crippen molar-refractivity contribution < 1.29 is 9.53 Å². The van der Waals surface area contributed by atoms with Crippen LogP contribution in [0.3, 0.4) is 0 Å². The van der Waals surface area contributed by atoms with Crippen LogP contribution in [-0.2, 0) is 6.42 Å². The molecule has 1 aromatic heterocycles. The maximum absolute atomic E-state index is 12.4. The largest absolute Gasteiger partial charge is 0.493 e. The molecule has 5 heteroatoms. The van der Waals surface area contributed by atoms with Crippen LogP contribution in [0.2, 0.25) is 0 Å². The maximum Gasteiger partial charge on any atom is 0.259 e. The summed E-state index contributed by atoms with van der Waals surface area (Å²) in [4.78, 5) is 18.1. The molecule has 1 aliphatic heterocycles. The Morgan fingerprint density at radius 1 is 1.35 bits per heavy atom. The number of nitrogen functional groups attached to an aromatic ring is 1. The molecular weight excluding hydrogens is 254 g/mol. The van der Waals surface area contributed by atoms with Gasteiger partial charge in [-0.15, -0.1) is 0 Å². The number of rotatable bonds is 2. The first kappa shape index (κ1) is 12.5. The fourth-order valence-electron chi connectivity index (χ4n) is 2.21. The molecule has 0 spiro atoms. The Hall–Kier alpha value is -2.56. The molecule has 20 heavy (non-hydrogen) atoms. The van der Waals surface area contributed by atoms with Crippen LogP contribution in [-0.4, -0.2) is 24.5 Å². The average Bonchev–Trinajstić information content (AvgIpc) is 2.94. The molecule has 0 saturated heterocycles. The number of hydrogen-bond acceptors (Lipinski definition) is 4. The van der Waals surface area contributed by atoms with Crippen molar-refractivity contribution in [2.75, 3.05) is 24.3 Å². The van der Waals surface area contributed by atoms with Crippen LogP contribution in [0.5, 0.6) is 5.75 Å². The molecule has 0 aliphatic carbocycles. The molecule has 1 aromatic carbocycles. The third-order valence-corrected chi connectivity index (χ3v) is 3.36. The molecule has 0 atom stereocenters. The second-order valence-corrected chi connectivity index (χ2v) is 4.73. The van der Waals surface area contributed by atoms with Crippen molar-refractivity contribution in [1.82, 2.24) is 4.98 Å². The fourth-order valence-corrected chi connectivity index (χ4v) is 2.21. The number of carbonyl (C=O) groups is 1. The zero-order valence-electron chi connectivity index (χ0n) is 11.2. The highest BCUT2D eigenvalue weighted by molar-refractivity contribution is 6.05. The van der Waals surface area contributed by atoms with E-state index in [1.807, 2.05) is 12.1 Å². The number of anilines is 2. The molecule has 0 fully saturated rings. The summed E-state index contributed by atoms with van der Waals surface area (Å²) in [5, 5.41) is 0. The summed E-state index contributed by atoms with van der Waals surface area (Å²) < 4.78 is 5.44. The number of benzene rings is 1. The Morgan fingerprint density at radius 3 is 2.95 bits per heavy atom. The zero-order chi connectivity index (χ0) is 14.1. The van der Waals surface area contributed by atoms with E-state index in [4.69, 9.17) is 10.5 Å². The van der Waals surface area contributed by atoms with Crippen molar-refractivity contribution >= 4 is 17.4 Å². The SMILES string of the molecule is CN(C(=O)c1ccc2c(c1)CCO2)c1ccc(N)cn1. The summed E-state index contributed by atoms with van der Waals surface area (Å²) in [6.45, 7) is 0.683. The van der Waals surface area contributed by atoms with Crippen LogP contribution in [0.1, 0.15) is 15.9 Å². The van der Waals surface area contributed by atoms with Crippen molar-refractivity contribution in [2.45, 2.75) is 6.42 Å². The minimum Gasteiger partial charge on any atom is -0.493 e. The standard InChI is InChI=1S/C15H15N3O2/c1-18(14-5-3-12(16)9-17-14)15(19)11-2-4-13-10(8-11)6-7-20-13/h2-5,8-9H,6-7,16H2,1H3. The minimum atomic E-state index is -0.100. The molecule has 5 nitrogen and oxygen atoms in total. The fraction of sp³-hybridized carbons (Fsp3) is 0.200. The number of pyridine rings is 1. The van der Waals surface area contributed by atoms with Gasteiger partial charge < -0.3 is 10.5 Å². The van der Waals surface area contributed by atoms with Gasteiger partial charge in [0.15, 0.2) is 0 Å². The third-order valence-electron chi connectivity index (χ3n) is 3.36. The average molecular weight is 269 g/mol. The number of nitrogens with zero attached hydrogens (tertiary/aromatic N) is 2. The maximum atomic E-state index is 12.4. The molecular formula is C15H15N3O2. The highest BCUT2D eigenvalue weighted by Gasteiger charge is 2.18. The first-order valence-electron chi connectivity index (χ1n) is 6.40. The lowest BCUT2D eigenvalue weighted by atomic mass is 10.1. The molecule has 2 N–H and O–H groups in total. The first-order valence-corrected chi connectivity index (χ1v) is 6.40. The Morgan fingerprint density at radius 2 is 2.20 bits per heavy atom. The summed E-state index contributed by atoms with van der Waals surface area (Å²) in [6, 6.07) is 8.96. The molecule has 2 aromatic rings. The van der Waals surface area contributed by atoms with Gasteiger partial charge in [0.2, 0.25) is 0 Å². The van der Waals surface area contributed by atoms with E-state index in [0.717, 1.165) is 17.7 Å². The van der Waals surface area contributed by atoms with Gasteiger partial charge in [-0.05, 0) is 35.9 Å². The van der Waals surface area contributed by atoms with Crippen LogP contribution in [0.25, 0.3) is 0 Å².